The summed E-state index contributed by atoms with van der Waals surface area (Å²) in [4.78, 5) is 4.99. The van der Waals surface area contributed by atoms with Crippen LogP contribution in [-0.4, -0.2) is 42.5 Å². The fourth-order valence-corrected chi connectivity index (χ4v) is 4.86. The normalized spacial score (nSPS) is 16.0. The van der Waals surface area contributed by atoms with Crippen LogP contribution in [0.25, 0.3) is 0 Å². The van der Waals surface area contributed by atoms with Gasteiger partial charge >= 0.3 is 0 Å². The zero-order chi connectivity index (χ0) is 23.9. The monoisotopic (exact) mass is 460 g/mol. The number of nitrogens with zero attached hydrogens (tertiary/aromatic N) is 2. The quantitative estimate of drug-likeness (QED) is 0.358. The number of aryl methyl sites for hydroxylation is 1. The van der Waals surface area contributed by atoms with Crippen molar-refractivity contribution in [2.75, 3.05) is 32.7 Å². The first-order valence-electron chi connectivity index (χ1n) is 12.5. The van der Waals surface area contributed by atoms with Crippen LogP contribution in [-0.2, 0) is 6.54 Å². The number of halogens is 1. The largest absolute Gasteiger partial charge is 0.486 e. The number of piperazine rings is 1. The Morgan fingerprint density at radius 1 is 0.824 bits per heavy atom. The minimum Gasteiger partial charge on any atom is -0.486 e. The van der Waals surface area contributed by atoms with E-state index in [1.54, 1.807) is 6.07 Å². The van der Waals surface area contributed by atoms with E-state index < -0.39 is 0 Å². The summed E-state index contributed by atoms with van der Waals surface area (Å²) in [5.41, 5.74) is 4.54. The second kappa shape index (κ2) is 11.6. The fourth-order valence-electron chi connectivity index (χ4n) is 4.86. The molecule has 3 aromatic carbocycles. The molecule has 3 aromatic rings. The lowest BCUT2D eigenvalue weighted by Crippen LogP contribution is -2.46. The summed E-state index contributed by atoms with van der Waals surface area (Å²) >= 11 is 0. The maximum Gasteiger partial charge on any atom is 0.130 e. The molecule has 1 aliphatic heterocycles. The first kappa shape index (κ1) is 24.4. The summed E-state index contributed by atoms with van der Waals surface area (Å²) in [5, 5.41) is 0. The van der Waals surface area contributed by atoms with Gasteiger partial charge in [0.15, 0.2) is 0 Å². The van der Waals surface area contributed by atoms with Crippen LogP contribution in [0.15, 0.2) is 72.8 Å². The van der Waals surface area contributed by atoms with Gasteiger partial charge in [0, 0.05) is 51.3 Å². The second-order valence-corrected chi connectivity index (χ2v) is 9.69. The number of benzene rings is 3. The van der Waals surface area contributed by atoms with E-state index in [0.29, 0.717) is 11.5 Å². The van der Waals surface area contributed by atoms with Crippen LogP contribution in [0.5, 0.6) is 5.75 Å². The van der Waals surface area contributed by atoms with Crippen molar-refractivity contribution in [3.63, 3.8) is 0 Å². The van der Waals surface area contributed by atoms with Crippen molar-refractivity contribution in [2.45, 2.75) is 45.8 Å². The van der Waals surface area contributed by atoms with Crippen molar-refractivity contribution in [1.29, 1.82) is 0 Å². The number of ether oxygens (including phenoxy) is 1. The van der Waals surface area contributed by atoms with Gasteiger partial charge in [-0.15, -0.1) is 0 Å². The Bertz CT molecular complexity index is 1040. The summed E-state index contributed by atoms with van der Waals surface area (Å²) in [6.45, 7) is 12.6. The van der Waals surface area contributed by atoms with Gasteiger partial charge < -0.3 is 9.64 Å². The van der Waals surface area contributed by atoms with Gasteiger partial charge in [0.1, 0.15) is 17.7 Å². The Balaban J connectivity index is 1.38. The predicted molar refractivity (Wildman–Crippen MR) is 138 cm³/mol. The molecule has 0 amide bonds. The van der Waals surface area contributed by atoms with Crippen LogP contribution in [0.4, 0.5) is 4.39 Å². The molecule has 1 saturated heterocycles. The van der Waals surface area contributed by atoms with Gasteiger partial charge in [-0.05, 0) is 47.7 Å². The van der Waals surface area contributed by atoms with E-state index in [0.717, 1.165) is 51.4 Å². The van der Waals surface area contributed by atoms with Crippen LogP contribution in [0, 0.1) is 12.7 Å². The molecule has 0 aromatic heterocycles. The van der Waals surface area contributed by atoms with Crippen LogP contribution >= 0.6 is 0 Å². The average Bonchev–Trinajstić information content (AvgIpc) is 2.83. The minimum atomic E-state index is -0.312. The highest BCUT2D eigenvalue weighted by Crippen LogP contribution is 2.30. The minimum absolute atomic E-state index is 0.198. The SMILES string of the molecule is Cc1cc(OC(CCN2CCN(Cc3ccccc3)CC2)c2ccccc2F)ccc1C(C)C. The van der Waals surface area contributed by atoms with Crippen LogP contribution in [0.1, 0.15) is 54.5 Å². The molecule has 4 heteroatoms. The van der Waals surface area contributed by atoms with Gasteiger partial charge in [0.2, 0.25) is 0 Å². The Hall–Kier alpha value is -2.69. The molecule has 1 atom stereocenters. The average molecular weight is 461 g/mol. The molecular weight excluding hydrogens is 423 g/mol. The highest BCUT2D eigenvalue weighted by Gasteiger charge is 2.22. The van der Waals surface area contributed by atoms with Crippen molar-refractivity contribution >= 4 is 0 Å². The third kappa shape index (κ3) is 6.46. The lowest BCUT2D eigenvalue weighted by molar-refractivity contribution is 0.106. The number of hydrogen-bond donors (Lipinski definition) is 0. The molecule has 0 bridgehead atoms. The molecule has 0 saturated carbocycles. The summed E-state index contributed by atoms with van der Waals surface area (Å²) < 4.78 is 21.1. The van der Waals surface area contributed by atoms with Crippen molar-refractivity contribution < 1.29 is 9.13 Å². The van der Waals surface area contributed by atoms with Crippen molar-refractivity contribution in [1.82, 2.24) is 9.80 Å². The summed E-state index contributed by atoms with van der Waals surface area (Å²) in [6.07, 6.45) is 0.442. The molecule has 1 fully saturated rings. The van der Waals surface area contributed by atoms with Crippen LogP contribution in [0.2, 0.25) is 0 Å². The third-order valence-electron chi connectivity index (χ3n) is 6.82. The molecule has 1 unspecified atom stereocenters. The summed E-state index contributed by atoms with van der Waals surface area (Å²) in [6, 6.07) is 23.9. The molecule has 0 N–H and O–H groups in total. The van der Waals surface area contributed by atoms with E-state index in [1.807, 2.05) is 18.2 Å². The number of hydrogen-bond acceptors (Lipinski definition) is 3. The van der Waals surface area contributed by atoms with E-state index in [1.165, 1.54) is 22.8 Å². The molecule has 4 rings (SSSR count). The van der Waals surface area contributed by atoms with Gasteiger partial charge in [-0.3, -0.25) is 4.90 Å². The van der Waals surface area contributed by atoms with E-state index in [2.05, 4.69) is 73.0 Å². The smallest absolute Gasteiger partial charge is 0.130 e. The van der Waals surface area contributed by atoms with Crippen LogP contribution in [0.3, 0.4) is 0 Å². The fraction of sp³-hybridized carbons (Fsp3) is 0.400. The standard InChI is InChI=1S/C30H37FN2O/c1-23(2)27-14-13-26(21-24(27)3)34-30(28-11-7-8-12-29(28)31)15-16-32-17-19-33(20-18-32)22-25-9-5-4-6-10-25/h4-14,21,23,30H,15-20,22H2,1-3H3. The number of rotatable bonds is 9. The first-order valence-corrected chi connectivity index (χ1v) is 12.5. The van der Waals surface area contributed by atoms with Crippen molar-refractivity contribution in [3.8, 4) is 5.75 Å². The maximum absolute atomic E-state index is 14.7. The van der Waals surface area contributed by atoms with Crippen molar-refractivity contribution in [3.05, 3.63) is 101 Å². The third-order valence-corrected chi connectivity index (χ3v) is 6.82. The molecule has 0 radical (unpaired) electrons. The second-order valence-electron chi connectivity index (χ2n) is 9.69. The van der Waals surface area contributed by atoms with E-state index in [4.69, 9.17) is 4.74 Å². The molecule has 0 spiro atoms. The van der Waals surface area contributed by atoms with Gasteiger partial charge in [-0.1, -0.05) is 68.4 Å². The molecule has 0 aliphatic carbocycles. The molecule has 180 valence electrons. The Kier molecular flexibility index (Phi) is 8.36. The topological polar surface area (TPSA) is 15.7 Å². The summed E-state index contributed by atoms with van der Waals surface area (Å²) in [7, 11) is 0. The lowest BCUT2D eigenvalue weighted by Gasteiger charge is -2.35. The zero-order valence-electron chi connectivity index (χ0n) is 20.7. The van der Waals surface area contributed by atoms with Gasteiger partial charge in [0.05, 0.1) is 0 Å². The predicted octanol–water partition coefficient (Wildman–Crippen LogP) is 6.59. The molecule has 34 heavy (non-hydrogen) atoms. The molecule has 1 heterocycles. The molecule has 1 aliphatic rings. The molecular formula is C30H37FN2O. The Labute approximate surface area is 204 Å². The van der Waals surface area contributed by atoms with E-state index in [9.17, 15) is 4.39 Å². The van der Waals surface area contributed by atoms with Crippen molar-refractivity contribution in [2.24, 2.45) is 0 Å². The van der Waals surface area contributed by atoms with Gasteiger partial charge in [0.25, 0.3) is 0 Å². The molecule has 3 nitrogen and oxygen atoms in total. The highest BCUT2D eigenvalue weighted by atomic mass is 19.1. The maximum atomic E-state index is 14.7. The Morgan fingerprint density at radius 2 is 1.50 bits per heavy atom. The van der Waals surface area contributed by atoms with Gasteiger partial charge in [-0.25, -0.2) is 4.39 Å². The zero-order valence-corrected chi connectivity index (χ0v) is 20.7. The Morgan fingerprint density at radius 3 is 2.18 bits per heavy atom. The summed E-state index contributed by atoms with van der Waals surface area (Å²) in [5.74, 6) is 1.08. The van der Waals surface area contributed by atoms with Crippen LogP contribution < -0.4 is 4.74 Å². The lowest BCUT2D eigenvalue weighted by atomic mass is 9.98. The van der Waals surface area contributed by atoms with E-state index in [-0.39, 0.29) is 11.9 Å². The highest BCUT2D eigenvalue weighted by molar-refractivity contribution is 5.37. The van der Waals surface area contributed by atoms with Gasteiger partial charge in [-0.2, -0.15) is 0 Å². The first-order chi connectivity index (χ1) is 16.5. The van der Waals surface area contributed by atoms with E-state index >= 15 is 0 Å².